The predicted molar refractivity (Wildman–Crippen MR) is 20.9 cm³/mol. The van der Waals surface area contributed by atoms with Crippen molar-refractivity contribution in [2.45, 2.75) is 6.92 Å². The van der Waals surface area contributed by atoms with Crippen LogP contribution in [0.2, 0.25) is 0 Å². The van der Waals surface area contributed by atoms with Gasteiger partial charge in [0.15, 0.2) is 0 Å². The molecule has 6 heavy (non-hydrogen) atoms. The molecule has 1 radical (unpaired) electrons. The van der Waals surface area contributed by atoms with Crippen molar-refractivity contribution in [1.29, 1.82) is 0 Å². The van der Waals surface area contributed by atoms with Crippen LogP contribution in [0.5, 0.6) is 0 Å². The molecule has 0 aliphatic carbocycles. The first-order valence-electron chi connectivity index (χ1n) is 1.48. The molecule has 0 aliphatic rings. The molecule has 0 aliphatic heterocycles. The average Bonchev–Trinajstić information content (AvgIpc) is 1.41. The first-order chi connectivity index (χ1) is 2.41. The Labute approximate surface area is 50.2 Å². The van der Waals surface area contributed by atoms with Gasteiger partial charge in [-0.15, -0.1) is 0 Å². The van der Waals surface area contributed by atoms with Crippen molar-refractivity contribution in [3.8, 4) is 0 Å². The van der Waals surface area contributed by atoms with Gasteiger partial charge in [-0.1, -0.05) is 6.08 Å². The van der Waals surface area contributed by atoms with Gasteiger partial charge in [0.1, 0.15) is 6.29 Å². The molecule has 0 saturated carbocycles. The molecule has 0 saturated heterocycles. The molecular weight excluding hydrogens is 167 g/mol. The summed E-state index contributed by atoms with van der Waals surface area (Å²) in [6.07, 6.45) is 3.88. The van der Waals surface area contributed by atoms with E-state index in [4.69, 9.17) is 0 Å². The summed E-state index contributed by atoms with van der Waals surface area (Å²) >= 11 is 0. The summed E-state index contributed by atoms with van der Waals surface area (Å²) in [7, 11) is 0. The van der Waals surface area contributed by atoms with Gasteiger partial charge in [-0.2, -0.15) is 0 Å². The van der Waals surface area contributed by atoms with Crippen molar-refractivity contribution in [2.75, 3.05) is 0 Å². The molecule has 0 bridgehead atoms. The Balaban J connectivity index is 0. The number of hydrogen-bond acceptors (Lipinski definition) is 1. The number of hydrogen-bond donors (Lipinski definition) is 0. The van der Waals surface area contributed by atoms with Crippen LogP contribution >= 0.6 is 0 Å². The van der Waals surface area contributed by atoms with Gasteiger partial charge in [0.05, 0.1) is 0 Å². The molecule has 0 heterocycles. The first kappa shape index (κ1) is 9.40. The van der Waals surface area contributed by atoms with E-state index in [1.807, 2.05) is 0 Å². The second-order valence-corrected chi connectivity index (χ2v) is 0.662. The zero-order valence-corrected chi connectivity index (χ0v) is 5.11. The summed E-state index contributed by atoms with van der Waals surface area (Å²) in [5.74, 6) is 0. The maximum atomic E-state index is 9.32. The maximum absolute atomic E-state index is 9.32. The molecule has 0 rings (SSSR count). The van der Waals surface area contributed by atoms with Gasteiger partial charge in [-0.05, 0) is 13.0 Å². The van der Waals surface area contributed by atoms with E-state index < -0.39 is 0 Å². The van der Waals surface area contributed by atoms with Crippen LogP contribution < -0.4 is 0 Å². The number of aldehydes is 1. The standard InChI is InChI=1S/C4H6O.Rh/c1-2-3-4-5;/h2-4H,1H3;. The molecular formula is C4H6ORh. The molecule has 0 aromatic carbocycles. The van der Waals surface area contributed by atoms with Gasteiger partial charge >= 0.3 is 0 Å². The summed E-state index contributed by atoms with van der Waals surface area (Å²) in [6.45, 7) is 1.80. The zero-order valence-electron chi connectivity index (χ0n) is 3.47. The smallest absolute Gasteiger partial charge is 0.142 e. The average molecular weight is 173 g/mol. The summed E-state index contributed by atoms with van der Waals surface area (Å²) in [4.78, 5) is 9.32. The van der Waals surface area contributed by atoms with E-state index in [-0.39, 0.29) is 19.5 Å². The molecule has 37 valence electrons. The summed E-state index contributed by atoms with van der Waals surface area (Å²) < 4.78 is 0. The minimum absolute atomic E-state index is 0. The van der Waals surface area contributed by atoms with Crippen molar-refractivity contribution < 1.29 is 24.3 Å². The topological polar surface area (TPSA) is 17.1 Å². The largest absolute Gasteiger partial charge is 0.299 e. The second kappa shape index (κ2) is 8.90. The van der Waals surface area contributed by atoms with Gasteiger partial charge in [-0.25, -0.2) is 0 Å². The van der Waals surface area contributed by atoms with Gasteiger partial charge in [0, 0.05) is 19.5 Å². The molecule has 0 unspecified atom stereocenters. The van der Waals surface area contributed by atoms with Crippen molar-refractivity contribution >= 4 is 6.29 Å². The molecule has 0 fully saturated rings. The van der Waals surface area contributed by atoms with Crippen molar-refractivity contribution in [3.05, 3.63) is 12.2 Å². The van der Waals surface area contributed by atoms with Crippen molar-refractivity contribution in [2.24, 2.45) is 0 Å². The summed E-state index contributed by atoms with van der Waals surface area (Å²) in [6, 6.07) is 0. The number of carbonyl (C=O) groups is 1. The fraction of sp³-hybridized carbons (Fsp3) is 0.250. The van der Waals surface area contributed by atoms with Crippen LogP contribution in [0.15, 0.2) is 12.2 Å². The Morgan fingerprint density at radius 1 is 1.50 bits per heavy atom. The Morgan fingerprint density at radius 2 is 2.00 bits per heavy atom. The van der Waals surface area contributed by atoms with Crippen LogP contribution in [-0.4, -0.2) is 6.29 Å². The van der Waals surface area contributed by atoms with Crippen molar-refractivity contribution in [3.63, 3.8) is 0 Å². The predicted octanol–water partition coefficient (Wildman–Crippen LogP) is 0.759. The summed E-state index contributed by atoms with van der Waals surface area (Å²) in [5.41, 5.74) is 0. The van der Waals surface area contributed by atoms with E-state index in [0.29, 0.717) is 0 Å². The van der Waals surface area contributed by atoms with Crippen LogP contribution in [0, 0.1) is 0 Å². The third-order valence-electron chi connectivity index (χ3n) is 0.271. The Bertz CT molecular complexity index is 49.5. The van der Waals surface area contributed by atoms with Crippen LogP contribution in [-0.2, 0) is 24.3 Å². The van der Waals surface area contributed by atoms with Crippen LogP contribution in [0.25, 0.3) is 0 Å². The van der Waals surface area contributed by atoms with Gasteiger partial charge in [-0.3, -0.25) is 4.79 Å². The molecule has 0 amide bonds. The normalized spacial score (nSPS) is 7.50. The maximum Gasteiger partial charge on any atom is 0.142 e. The molecule has 2 heteroatoms. The molecule has 0 aromatic rings. The van der Waals surface area contributed by atoms with Crippen LogP contribution in [0.3, 0.4) is 0 Å². The van der Waals surface area contributed by atoms with E-state index in [9.17, 15) is 4.79 Å². The molecule has 0 aromatic heterocycles. The molecule has 0 atom stereocenters. The third-order valence-corrected chi connectivity index (χ3v) is 0.271. The molecule has 0 spiro atoms. The fourth-order valence-corrected chi connectivity index (χ4v) is 0.0786. The fourth-order valence-electron chi connectivity index (χ4n) is 0.0786. The summed E-state index contributed by atoms with van der Waals surface area (Å²) in [5, 5.41) is 0. The third kappa shape index (κ3) is 8.98. The minimum atomic E-state index is 0. The SMILES string of the molecule is CC=CC=O.[Rh]. The Morgan fingerprint density at radius 3 is 2.00 bits per heavy atom. The van der Waals surface area contributed by atoms with E-state index in [1.165, 1.54) is 6.08 Å². The zero-order chi connectivity index (χ0) is 4.12. The van der Waals surface area contributed by atoms with E-state index in [2.05, 4.69) is 0 Å². The number of allylic oxidation sites excluding steroid dienone is 2. The van der Waals surface area contributed by atoms with Gasteiger partial charge in [0.25, 0.3) is 0 Å². The molecule has 0 N–H and O–H groups in total. The Hall–Kier alpha value is 0.0334. The quantitative estimate of drug-likeness (QED) is 0.325. The van der Waals surface area contributed by atoms with E-state index in [0.717, 1.165) is 6.29 Å². The number of carbonyl (C=O) groups excluding carboxylic acids is 1. The molecule has 1 nitrogen and oxygen atoms in total. The monoisotopic (exact) mass is 173 g/mol. The van der Waals surface area contributed by atoms with Crippen LogP contribution in [0.4, 0.5) is 0 Å². The van der Waals surface area contributed by atoms with Gasteiger partial charge < -0.3 is 0 Å². The first-order valence-corrected chi connectivity index (χ1v) is 1.48. The number of rotatable bonds is 1. The minimum Gasteiger partial charge on any atom is -0.299 e. The van der Waals surface area contributed by atoms with E-state index >= 15 is 0 Å². The van der Waals surface area contributed by atoms with Gasteiger partial charge in [0.2, 0.25) is 0 Å². The Kier molecular flexibility index (Phi) is 13.9. The van der Waals surface area contributed by atoms with Crippen LogP contribution in [0.1, 0.15) is 6.92 Å². The van der Waals surface area contributed by atoms with E-state index in [1.54, 1.807) is 13.0 Å². The second-order valence-electron chi connectivity index (χ2n) is 0.662. The van der Waals surface area contributed by atoms with Crippen molar-refractivity contribution in [1.82, 2.24) is 0 Å².